The van der Waals surface area contributed by atoms with Crippen LogP contribution in [-0.4, -0.2) is 25.2 Å². The summed E-state index contributed by atoms with van der Waals surface area (Å²) in [6.45, 7) is 6.16. The Morgan fingerprint density at radius 2 is 2.15 bits per heavy atom. The summed E-state index contributed by atoms with van der Waals surface area (Å²) in [6.07, 6.45) is 6.53. The van der Waals surface area contributed by atoms with Crippen molar-refractivity contribution in [2.24, 2.45) is 0 Å². The molecule has 1 heterocycles. The molecule has 2 N–H and O–H groups in total. The molecule has 20 heavy (non-hydrogen) atoms. The molecule has 3 heteroatoms. The van der Waals surface area contributed by atoms with Gasteiger partial charge in [0.25, 0.3) is 0 Å². The summed E-state index contributed by atoms with van der Waals surface area (Å²) in [6, 6.07) is 9.31. The van der Waals surface area contributed by atoms with Crippen LogP contribution in [0.5, 0.6) is 5.75 Å². The molecule has 0 bridgehead atoms. The van der Waals surface area contributed by atoms with Crippen LogP contribution in [0, 0.1) is 0 Å². The van der Waals surface area contributed by atoms with Crippen molar-refractivity contribution in [1.29, 1.82) is 0 Å². The van der Waals surface area contributed by atoms with Crippen LogP contribution >= 0.6 is 0 Å². The van der Waals surface area contributed by atoms with Crippen LogP contribution in [-0.2, 0) is 0 Å². The molecule has 1 aliphatic heterocycles. The fraction of sp³-hybridized carbons (Fsp3) is 0.647. The molecular weight excluding hydrogens is 248 g/mol. The number of ether oxygens (including phenoxy) is 1. The maximum Gasteiger partial charge on any atom is 0.142 e. The minimum Gasteiger partial charge on any atom is -0.492 e. The third-order valence-corrected chi connectivity index (χ3v) is 3.89. The summed E-state index contributed by atoms with van der Waals surface area (Å²) in [4.78, 5) is 0. The van der Waals surface area contributed by atoms with Crippen LogP contribution in [0.1, 0.15) is 46.0 Å². The standard InChI is InChI=1S/C17H28N2O/c1-3-20-17-11-7-6-10-16(17)19-14(2)13-15-9-5-4-8-12-18-15/h6-7,10-11,14-15,18-19H,3-5,8-9,12-13H2,1-2H3. The number of hydrogen-bond acceptors (Lipinski definition) is 3. The smallest absolute Gasteiger partial charge is 0.142 e. The summed E-state index contributed by atoms with van der Waals surface area (Å²) in [7, 11) is 0. The van der Waals surface area contributed by atoms with Gasteiger partial charge in [-0.05, 0) is 51.8 Å². The van der Waals surface area contributed by atoms with Crippen LogP contribution in [0.25, 0.3) is 0 Å². The van der Waals surface area contributed by atoms with E-state index in [0.29, 0.717) is 18.7 Å². The van der Waals surface area contributed by atoms with Gasteiger partial charge in [-0.15, -0.1) is 0 Å². The van der Waals surface area contributed by atoms with Crippen molar-refractivity contribution < 1.29 is 4.74 Å². The molecule has 2 atom stereocenters. The first kappa shape index (κ1) is 15.2. The molecule has 0 radical (unpaired) electrons. The molecule has 112 valence electrons. The molecule has 1 aliphatic rings. The largest absolute Gasteiger partial charge is 0.492 e. The van der Waals surface area contributed by atoms with Crippen LogP contribution in [0.3, 0.4) is 0 Å². The molecule has 0 amide bonds. The zero-order valence-corrected chi connectivity index (χ0v) is 12.8. The monoisotopic (exact) mass is 276 g/mol. The molecule has 1 fully saturated rings. The average Bonchev–Trinajstić information content (AvgIpc) is 2.70. The summed E-state index contributed by atoms with van der Waals surface area (Å²) in [5.41, 5.74) is 1.11. The highest BCUT2D eigenvalue weighted by Gasteiger charge is 2.15. The Bertz CT molecular complexity index is 386. The highest BCUT2D eigenvalue weighted by molar-refractivity contribution is 5.56. The third-order valence-electron chi connectivity index (χ3n) is 3.89. The van der Waals surface area contributed by atoms with Crippen molar-refractivity contribution in [3.63, 3.8) is 0 Å². The lowest BCUT2D eigenvalue weighted by molar-refractivity contribution is 0.341. The Balaban J connectivity index is 1.88. The predicted octanol–water partition coefficient (Wildman–Crippen LogP) is 3.81. The van der Waals surface area contributed by atoms with Gasteiger partial charge in [0.15, 0.2) is 0 Å². The van der Waals surface area contributed by atoms with Crippen LogP contribution < -0.4 is 15.4 Å². The molecule has 1 aromatic rings. The van der Waals surface area contributed by atoms with E-state index in [0.717, 1.165) is 11.4 Å². The maximum absolute atomic E-state index is 5.67. The minimum atomic E-state index is 0.451. The van der Waals surface area contributed by atoms with E-state index in [4.69, 9.17) is 4.74 Å². The number of rotatable bonds is 6. The van der Waals surface area contributed by atoms with Crippen molar-refractivity contribution in [2.45, 2.75) is 58.0 Å². The van der Waals surface area contributed by atoms with Gasteiger partial charge in [-0.2, -0.15) is 0 Å². The predicted molar refractivity (Wildman–Crippen MR) is 85.6 cm³/mol. The first-order chi connectivity index (χ1) is 9.79. The molecule has 0 saturated carbocycles. The molecular formula is C17H28N2O. The lowest BCUT2D eigenvalue weighted by atomic mass is 10.0. The Labute approximate surface area is 123 Å². The van der Waals surface area contributed by atoms with Gasteiger partial charge in [0.05, 0.1) is 12.3 Å². The lowest BCUT2D eigenvalue weighted by Crippen LogP contribution is -2.33. The van der Waals surface area contributed by atoms with Crippen LogP contribution in [0.4, 0.5) is 5.69 Å². The van der Waals surface area contributed by atoms with E-state index < -0.39 is 0 Å². The van der Waals surface area contributed by atoms with Gasteiger partial charge in [-0.25, -0.2) is 0 Å². The van der Waals surface area contributed by atoms with E-state index >= 15 is 0 Å². The second-order valence-electron chi connectivity index (χ2n) is 5.71. The summed E-state index contributed by atoms with van der Waals surface area (Å²) in [5, 5.41) is 7.26. The van der Waals surface area contributed by atoms with Crippen LogP contribution in [0.2, 0.25) is 0 Å². The Morgan fingerprint density at radius 1 is 1.30 bits per heavy atom. The zero-order valence-electron chi connectivity index (χ0n) is 12.8. The molecule has 3 nitrogen and oxygen atoms in total. The fourth-order valence-corrected chi connectivity index (χ4v) is 2.92. The molecule has 0 spiro atoms. The summed E-state index contributed by atoms with van der Waals surface area (Å²) < 4.78 is 5.67. The molecule has 2 rings (SSSR count). The maximum atomic E-state index is 5.67. The minimum absolute atomic E-state index is 0.451. The quantitative estimate of drug-likeness (QED) is 0.829. The second kappa shape index (κ2) is 8.15. The summed E-state index contributed by atoms with van der Waals surface area (Å²) >= 11 is 0. The average molecular weight is 276 g/mol. The first-order valence-corrected chi connectivity index (χ1v) is 8.01. The van der Waals surface area contributed by atoms with Gasteiger partial charge in [0, 0.05) is 12.1 Å². The number of anilines is 1. The van der Waals surface area contributed by atoms with E-state index in [2.05, 4.69) is 29.7 Å². The highest BCUT2D eigenvalue weighted by atomic mass is 16.5. The van der Waals surface area contributed by atoms with Gasteiger partial charge in [-0.3, -0.25) is 0 Å². The van der Waals surface area contributed by atoms with Crippen molar-refractivity contribution in [3.8, 4) is 5.75 Å². The normalized spacial score (nSPS) is 21.0. The zero-order chi connectivity index (χ0) is 14.2. The number of para-hydroxylation sites is 2. The Hall–Kier alpha value is -1.22. The fourth-order valence-electron chi connectivity index (χ4n) is 2.92. The highest BCUT2D eigenvalue weighted by Crippen LogP contribution is 2.25. The molecule has 1 aromatic carbocycles. The van der Waals surface area contributed by atoms with Gasteiger partial charge in [-0.1, -0.05) is 25.0 Å². The van der Waals surface area contributed by atoms with Crippen molar-refractivity contribution in [3.05, 3.63) is 24.3 Å². The van der Waals surface area contributed by atoms with Gasteiger partial charge < -0.3 is 15.4 Å². The topological polar surface area (TPSA) is 33.3 Å². The van der Waals surface area contributed by atoms with Gasteiger partial charge in [0.1, 0.15) is 5.75 Å². The number of hydrogen-bond donors (Lipinski definition) is 2. The molecule has 2 unspecified atom stereocenters. The van der Waals surface area contributed by atoms with Crippen LogP contribution in [0.15, 0.2) is 24.3 Å². The third kappa shape index (κ3) is 4.71. The van der Waals surface area contributed by atoms with Crippen molar-refractivity contribution in [2.75, 3.05) is 18.5 Å². The first-order valence-electron chi connectivity index (χ1n) is 8.01. The molecule has 0 aromatic heterocycles. The SMILES string of the molecule is CCOc1ccccc1NC(C)CC1CCCCCN1. The lowest BCUT2D eigenvalue weighted by Gasteiger charge is -2.23. The van der Waals surface area contributed by atoms with E-state index in [1.165, 1.54) is 38.6 Å². The summed E-state index contributed by atoms with van der Waals surface area (Å²) in [5.74, 6) is 0.954. The molecule has 0 aliphatic carbocycles. The van der Waals surface area contributed by atoms with Gasteiger partial charge >= 0.3 is 0 Å². The number of nitrogens with one attached hydrogen (secondary N) is 2. The Morgan fingerprint density at radius 3 is 3.00 bits per heavy atom. The van der Waals surface area contributed by atoms with Crippen molar-refractivity contribution in [1.82, 2.24) is 5.32 Å². The Kier molecular flexibility index (Phi) is 6.19. The van der Waals surface area contributed by atoms with E-state index in [1.807, 2.05) is 19.1 Å². The molecule has 1 saturated heterocycles. The van der Waals surface area contributed by atoms with Crippen molar-refractivity contribution >= 4 is 5.69 Å². The van der Waals surface area contributed by atoms with E-state index in [1.54, 1.807) is 0 Å². The van der Waals surface area contributed by atoms with Gasteiger partial charge in [0.2, 0.25) is 0 Å². The van der Waals surface area contributed by atoms with E-state index in [-0.39, 0.29) is 0 Å². The number of benzene rings is 1. The van der Waals surface area contributed by atoms with E-state index in [9.17, 15) is 0 Å². The second-order valence-corrected chi connectivity index (χ2v) is 5.71.